The summed E-state index contributed by atoms with van der Waals surface area (Å²) in [4.78, 5) is 0. The monoisotopic (exact) mass is 158 g/mol. The van der Waals surface area contributed by atoms with Crippen molar-refractivity contribution in [3.63, 3.8) is 0 Å². The average molecular weight is 158 g/mol. The molecule has 1 aliphatic carbocycles. The molecule has 1 aliphatic rings. The predicted octanol–water partition coefficient (Wildman–Crippen LogP) is 2.79. The molecule has 0 atom stereocenters. The van der Waals surface area contributed by atoms with Crippen molar-refractivity contribution in [2.75, 3.05) is 0 Å². The highest BCUT2D eigenvalue weighted by atomic mass is 16.0. The molecule has 68 valence electrons. The Balaban J connectivity index is 0.000001000. The lowest BCUT2D eigenvalue weighted by Crippen LogP contribution is -2.11. The van der Waals surface area contributed by atoms with Crippen LogP contribution < -0.4 is 0 Å². The Bertz CT molecular complexity index is 82.9. The minimum atomic E-state index is 0. The molecule has 0 aromatic heterocycles. The van der Waals surface area contributed by atoms with E-state index in [1.807, 2.05) is 0 Å². The largest absolute Gasteiger partial charge is 0.412 e. The zero-order valence-corrected chi connectivity index (χ0v) is 7.90. The maximum absolute atomic E-state index is 2.39. The van der Waals surface area contributed by atoms with Gasteiger partial charge in [0.2, 0.25) is 0 Å². The van der Waals surface area contributed by atoms with Gasteiger partial charge in [-0.25, -0.2) is 0 Å². The molecule has 2 N–H and O–H groups in total. The number of rotatable bonds is 2. The Morgan fingerprint density at radius 1 is 1.09 bits per heavy atom. The number of hydrogen-bond acceptors (Lipinski definition) is 0. The highest BCUT2D eigenvalue weighted by Gasteiger charge is 2.16. The highest BCUT2D eigenvalue weighted by Crippen LogP contribution is 2.30. The molecule has 1 heteroatoms. The first-order chi connectivity index (χ1) is 4.83. The molecular weight excluding hydrogens is 136 g/mol. The standard InChI is InChI=1S/C10H20.H2O/c1-3-4-10-7-5-9(2)6-8-10;/h9-10H,3-8H2,1-2H3;1H2. The maximum Gasteiger partial charge on any atom is -0.0414 e. The second-order valence-electron chi connectivity index (χ2n) is 3.91. The van der Waals surface area contributed by atoms with Gasteiger partial charge in [-0.2, -0.15) is 0 Å². The molecule has 0 aromatic carbocycles. The summed E-state index contributed by atoms with van der Waals surface area (Å²) in [6.07, 6.45) is 8.87. The van der Waals surface area contributed by atoms with E-state index in [-0.39, 0.29) is 5.48 Å². The molecule has 0 bridgehead atoms. The van der Waals surface area contributed by atoms with Gasteiger partial charge in [-0.05, 0) is 11.8 Å². The lowest BCUT2D eigenvalue weighted by atomic mass is 9.81. The molecule has 0 aliphatic heterocycles. The van der Waals surface area contributed by atoms with Crippen molar-refractivity contribution in [3.05, 3.63) is 0 Å². The third-order valence-corrected chi connectivity index (χ3v) is 2.83. The number of hydrogen-bond donors (Lipinski definition) is 0. The van der Waals surface area contributed by atoms with Gasteiger partial charge >= 0.3 is 0 Å². The molecule has 1 saturated carbocycles. The van der Waals surface area contributed by atoms with E-state index in [4.69, 9.17) is 0 Å². The zero-order chi connectivity index (χ0) is 7.40. The van der Waals surface area contributed by atoms with Crippen molar-refractivity contribution < 1.29 is 5.48 Å². The van der Waals surface area contributed by atoms with Crippen molar-refractivity contribution in [2.45, 2.75) is 52.4 Å². The highest BCUT2D eigenvalue weighted by molar-refractivity contribution is 4.69. The van der Waals surface area contributed by atoms with Crippen molar-refractivity contribution in [2.24, 2.45) is 11.8 Å². The van der Waals surface area contributed by atoms with E-state index in [0.29, 0.717) is 0 Å². The second-order valence-corrected chi connectivity index (χ2v) is 3.91. The molecule has 0 unspecified atom stereocenters. The summed E-state index contributed by atoms with van der Waals surface area (Å²) in [5, 5.41) is 0. The van der Waals surface area contributed by atoms with Crippen molar-refractivity contribution >= 4 is 0 Å². The minimum absolute atomic E-state index is 0. The molecule has 11 heavy (non-hydrogen) atoms. The van der Waals surface area contributed by atoms with Crippen LogP contribution in [0.1, 0.15) is 52.4 Å². The molecule has 0 radical (unpaired) electrons. The van der Waals surface area contributed by atoms with Crippen LogP contribution in [0, 0.1) is 11.8 Å². The molecule has 0 amide bonds. The van der Waals surface area contributed by atoms with Crippen LogP contribution in [0.25, 0.3) is 0 Å². The molecule has 1 fully saturated rings. The van der Waals surface area contributed by atoms with Gasteiger partial charge in [0.15, 0.2) is 0 Å². The predicted molar refractivity (Wildman–Crippen MR) is 49.6 cm³/mol. The summed E-state index contributed by atoms with van der Waals surface area (Å²) in [6.45, 7) is 4.69. The molecule has 1 rings (SSSR count). The third kappa shape index (κ3) is 3.76. The van der Waals surface area contributed by atoms with E-state index < -0.39 is 0 Å². The quantitative estimate of drug-likeness (QED) is 0.592. The van der Waals surface area contributed by atoms with Gasteiger partial charge in [0.1, 0.15) is 0 Å². The summed E-state index contributed by atoms with van der Waals surface area (Å²) in [5.74, 6) is 2.11. The van der Waals surface area contributed by atoms with Crippen LogP contribution in [0.15, 0.2) is 0 Å². The molecule has 0 saturated heterocycles. The Morgan fingerprint density at radius 3 is 2.09 bits per heavy atom. The first-order valence-corrected chi connectivity index (χ1v) is 4.83. The molecular formula is C10H22O. The third-order valence-electron chi connectivity index (χ3n) is 2.83. The second kappa shape index (κ2) is 5.59. The lowest BCUT2D eigenvalue weighted by molar-refractivity contribution is 0.276. The first kappa shape index (κ1) is 11.0. The van der Waals surface area contributed by atoms with Gasteiger partial charge in [-0.1, -0.05) is 52.4 Å². The fourth-order valence-corrected chi connectivity index (χ4v) is 2.03. The summed E-state index contributed by atoms with van der Waals surface area (Å²) < 4.78 is 0. The van der Waals surface area contributed by atoms with E-state index in [0.717, 1.165) is 11.8 Å². The summed E-state index contributed by atoms with van der Waals surface area (Å²) in [6, 6.07) is 0. The van der Waals surface area contributed by atoms with Gasteiger partial charge < -0.3 is 5.48 Å². The topological polar surface area (TPSA) is 31.5 Å². The van der Waals surface area contributed by atoms with Crippen LogP contribution >= 0.6 is 0 Å². The Kier molecular flexibility index (Phi) is 5.57. The van der Waals surface area contributed by atoms with Gasteiger partial charge in [-0.15, -0.1) is 0 Å². The van der Waals surface area contributed by atoms with Crippen LogP contribution in [0.5, 0.6) is 0 Å². The molecule has 0 heterocycles. The summed E-state index contributed by atoms with van der Waals surface area (Å²) in [7, 11) is 0. The molecule has 0 aromatic rings. The SMILES string of the molecule is CCCC1CCC(C)CC1.O. The summed E-state index contributed by atoms with van der Waals surface area (Å²) >= 11 is 0. The van der Waals surface area contributed by atoms with Crippen LogP contribution in [0.3, 0.4) is 0 Å². The molecule has 1 nitrogen and oxygen atoms in total. The van der Waals surface area contributed by atoms with Crippen LogP contribution in [0.4, 0.5) is 0 Å². The van der Waals surface area contributed by atoms with Crippen LogP contribution in [-0.2, 0) is 0 Å². The normalized spacial score (nSPS) is 31.1. The van der Waals surface area contributed by atoms with E-state index in [9.17, 15) is 0 Å². The van der Waals surface area contributed by atoms with E-state index in [1.165, 1.54) is 38.5 Å². The van der Waals surface area contributed by atoms with E-state index in [2.05, 4.69) is 13.8 Å². The van der Waals surface area contributed by atoms with Crippen LogP contribution in [-0.4, -0.2) is 5.48 Å². The summed E-state index contributed by atoms with van der Waals surface area (Å²) in [5.41, 5.74) is 0. The van der Waals surface area contributed by atoms with E-state index >= 15 is 0 Å². The molecule has 0 spiro atoms. The van der Waals surface area contributed by atoms with Gasteiger partial charge in [-0.3, -0.25) is 0 Å². The zero-order valence-electron chi connectivity index (χ0n) is 7.90. The van der Waals surface area contributed by atoms with E-state index in [1.54, 1.807) is 0 Å². The fraction of sp³-hybridized carbons (Fsp3) is 1.00. The van der Waals surface area contributed by atoms with Gasteiger partial charge in [0.25, 0.3) is 0 Å². The minimum Gasteiger partial charge on any atom is -0.412 e. The van der Waals surface area contributed by atoms with Gasteiger partial charge in [0, 0.05) is 0 Å². The lowest BCUT2D eigenvalue weighted by Gasteiger charge is -2.25. The van der Waals surface area contributed by atoms with Crippen molar-refractivity contribution in [1.29, 1.82) is 0 Å². The van der Waals surface area contributed by atoms with Gasteiger partial charge in [0.05, 0.1) is 0 Å². The average Bonchev–Trinajstić information content (AvgIpc) is 1.95. The Morgan fingerprint density at radius 2 is 1.64 bits per heavy atom. The maximum atomic E-state index is 2.39. The first-order valence-electron chi connectivity index (χ1n) is 4.83. The van der Waals surface area contributed by atoms with Crippen molar-refractivity contribution in [1.82, 2.24) is 0 Å². The van der Waals surface area contributed by atoms with Crippen molar-refractivity contribution in [3.8, 4) is 0 Å². The van der Waals surface area contributed by atoms with Crippen LogP contribution in [0.2, 0.25) is 0 Å². The smallest absolute Gasteiger partial charge is 0.0414 e. The Hall–Kier alpha value is -0.0400. The fourth-order valence-electron chi connectivity index (χ4n) is 2.03. The Labute approximate surface area is 70.5 Å².